The summed E-state index contributed by atoms with van der Waals surface area (Å²) in [5.74, 6) is -0.143. The topological polar surface area (TPSA) is 64.4 Å². The molecule has 1 amide bonds. The minimum Gasteiger partial charge on any atom is -0.378 e. The molecule has 0 unspecified atom stereocenters. The Morgan fingerprint density at radius 2 is 2.12 bits per heavy atom. The van der Waals surface area contributed by atoms with Gasteiger partial charge in [-0.15, -0.1) is 0 Å². The van der Waals surface area contributed by atoms with Gasteiger partial charge in [0, 0.05) is 25.7 Å². The van der Waals surface area contributed by atoms with E-state index in [1.54, 1.807) is 4.90 Å². The van der Waals surface area contributed by atoms with Gasteiger partial charge in [0.1, 0.15) is 5.69 Å². The van der Waals surface area contributed by atoms with Crippen LogP contribution in [0.3, 0.4) is 0 Å². The fraction of sp³-hybridized carbons (Fsp3) is 0.545. The second-order valence-corrected chi connectivity index (χ2v) is 3.78. The van der Waals surface area contributed by atoms with E-state index in [1.807, 2.05) is 6.92 Å². The number of hydrogen-bond donors (Lipinski definition) is 0. The van der Waals surface area contributed by atoms with Gasteiger partial charge in [0.25, 0.3) is 11.5 Å². The van der Waals surface area contributed by atoms with Gasteiger partial charge in [0.05, 0.1) is 13.2 Å². The summed E-state index contributed by atoms with van der Waals surface area (Å²) in [5, 5.41) is 4.04. The number of aryl methyl sites for hydroxylation is 1. The van der Waals surface area contributed by atoms with Crippen molar-refractivity contribution in [2.24, 2.45) is 0 Å². The lowest BCUT2D eigenvalue weighted by molar-refractivity contribution is 0.0297. The monoisotopic (exact) mass is 237 g/mol. The zero-order valence-electron chi connectivity index (χ0n) is 9.76. The average molecular weight is 237 g/mol. The lowest BCUT2D eigenvalue weighted by Crippen LogP contribution is -2.41. The van der Waals surface area contributed by atoms with Gasteiger partial charge in [-0.2, -0.15) is 5.10 Å². The molecule has 1 aromatic heterocycles. The van der Waals surface area contributed by atoms with E-state index in [2.05, 4.69) is 5.10 Å². The zero-order valence-corrected chi connectivity index (χ0v) is 9.76. The van der Waals surface area contributed by atoms with Gasteiger partial charge >= 0.3 is 0 Å². The highest BCUT2D eigenvalue weighted by Crippen LogP contribution is 2.03. The Bertz CT molecular complexity index is 463. The number of morpholine rings is 1. The normalized spacial score (nSPS) is 15.9. The van der Waals surface area contributed by atoms with Crippen LogP contribution in [0.1, 0.15) is 17.4 Å². The number of nitrogens with zero attached hydrogens (tertiary/aromatic N) is 3. The molecule has 1 aliphatic rings. The molecule has 0 N–H and O–H groups in total. The maximum absolute atomic E-state index is 12.1. The molecule has 0 aliphatic carbocycles. The van der Waals surface area contributed by atoms with E-state index in [0.717, 1.165) is 0 Å². The van der Waals surface area contributed by atoms with Crippen LogP contribution in [0, 0.1) is 0 Å². The molecule has 6 heteroatoms. The molecule has 17 heavy (non-hydrogen) atoms. The molecule has 1 aliphatic heterocycles. The van der Waals surface area contributed by atoms with Crippen LogP contribution in [-0.2, 0) is 11.3 Å². The van der Waals surface area contributed by atoms with E-state index in [9.17, 15) is 9.59 Å². The van der Waals surface area contributed by atoms with Crippen molar-refractivity contribution in [3.8, 4) is 0 Å². The quantitative estimate of drug-likeness (QED) is 0.710. The fourth-order valence-corrected chi connectivity index (χ4v) is 1.72. The lowest BCUT2D eigenvalue weighted by atomic mass is 10.3. The molecule has 92 valence electrons. The number of hydrogen-bond acceptors (Lipinski definition) is 4. The number of rotatable bonds is 2. The third kappa shape index (κ3) is 2.52. The predicted octanol–water partition coefficient (Wildman–Crippen LogP) is -0.264. The van der Waals surface area contributed by atoms with E-state index >= 15 is 0 Å². The van der Waals surface area contributed by atoms with Gasteiger partial charge < -0.3 is 9.64 Å². The first-order valence-electron chi connectivity index (χ1n) is 5.67. The highest BCUT2D eigenvalue weighted by Gasteiger charge is 2.20. The van der Waals surface area contributed by atoms with E-state index in [-0.39, 0.29) is 11.5 Å². The van der Waals surface area contributed by atoms with Crippen LogP contribution in [0.5, 0.6) is 0 Å². The maximum atomic E-state index is 12.1. The summed E-state index contributed by atoms with van der Waals surface area (Å²) >= 11 is 0. The second kappa shape index (κ2) is 5.09. The van der Waals surface area contributed by atoms with Crippen LogP contribution in [0.25, 0.3) is 0 Å². The molecule has 0 spiro atoms. The average Bonchev–Trinajstić information content (AvgIpc) is 2.39. The van der Waals surface area contributed by atoms with Crippen LogP contribution in [-0.4, -0.2) is 46.9 Å². The first-order valence-corrected chi connectivity index (χ1v) is 5.67. The van der Waals surface area contributed by atoms with Gasteiger partial charge in [-0.1, -0.05) is 0 Å². The molecule has 2 rings (SSSR count). The number of ether oxygens (including phenoxy) is 1. The summed E-state index contributed by atoms with van der Waals surface area (Å²) in [7, 11) is 0. The Balaban J connectivity index is 2.21. The summed E-state index contributed by atoms with van der Waals surface area (Å²) in [5.41, 5.74) is 0.124. The molecular weight excluding hydrogens is 222 g/mol. The summed E-state index contributed by atoms with van der Waals surface area (Å²) in [6.45, 7) is 4.54. The van der Waals surface area contributed by atoms with E-state index in [4.69, 9.17) is 4.74 Å². The largest absolute Gasteiger partial charge is 0.378 e. The minimum absolute atomic E-state index is 0.143. The molecule has 1 fully saturated rings. The smallest absolute Gasteiger partial charge is 0.274 e. The molecule has 0 bridgehead atoms. The summed E-state index contributed by atoms with van der Waals surface area (Å²) < 4.78 is 6.47. The highest BCUT2D eigenvalue weighted by molar-refractivity contribution is 5.92. The van der Waals surface area contributed by atoms with Crippen molar-refractivity contribution in [2.45, 2.75) is 13.5 Å². The first-order chi connectivity index (χ1) is 8.22. The molecular formula is C11H15N3O3. The van der Waals surface area contributed by atoms with Crippen molar-refractivity contribution in [3.63, 3.8) is 0 Å². The van der Waals surface area contributed by atoms with Gasteiger partial charge in [-0.05, 0) is 13.0 Å². The lowest BCUT2D eigenvalue weighted by Gasteiger charge is -2.26. The Labute approximate surface area is 98.8 Å². The van der Waals surface area contributed by atoms with E-state index in [0.29, 0.717) is 38.5 Å². The number of carbonyl (C=O) groups is 1. The summed E-state index contributed by atoms with van der Waals surface area (Å²) in [6.07, 6.45) is 0. The summed E-state index contributed by atoms with van der Waals surface area (Å²) in [6, 6.07) is 2.86. The van der Waals surface area contributed by atoms with Crippen molar-refractivity contribution < 1.29 is 9.53 Å². The third-order valence-electron chi connectivity index (χ3n) is 2.68. The fourth-order valence-electron chi connectivity index (χ4n) is 1.72. The van der Waals surface area contributed by atoms with Gasteiger partial charge in [-0.25, -0.2) is 4.68 Å². The molecule has 6 nitrogen and oxygen atoms in total. The van der Waals surface area contributed by atoms with Crippen LogP contribution in [0.4, 0.5) is 0 Å². The van der Waals surface area contributed by atoms with Crippen molar-refractivity contribution >= 4 is 5.91 Å². The Morgan fingerprint density at radius 1 is 1.41 bits per heavy atom. The van der Waals surface area contributed by atoms with Crippen LogP contribution in [0.2, 0.25) is 0 Å². The minimum atomic E-state index is -0.189. The standard InChI is InChI=1S/C11H15N3O3/c1-2-14-10(15)4-3-9(12-14)11(16)13-5-7-17-8-6-13/h3-4H,2,5-8H2,1H3. The first kappa shape index (κ1) is 11.8. The molecule has 0 saturated carbocycles. The third-order valence-corrected chi connectivity index (χ3v) is 2.68. The number of carbonyl (C=O) groups excluding carboxylic acids is 1. The van der Waals surface area contributed by atoms with E-state index < -0.39 is 0 Å². The molecule has 1 aromatic rings. The number of aromatic nitrogens is 2. The van der Waals surface area contributed by atoms with Gasteiger partial charge in [-0.3, -0.25) is 9.59 Å². The molecule has 0 atom stereocenters. The molecule has 2 heterocycles. The molecule has 0 aromatic carbocycles. The molecule has 0 radical (unpaired) electrons. The van der Waals surface area contributed by atoms with Crippen LogP contribution >= 0.6 is 0 Å². The number of amides is 1. The Kier molecular flexibility index (Phi) is 3.53. The van der Waals surface area contributed by atoms with Crippen LogP contribution < -0.4 is 5.56 Å². The predicted molar refractivity (Wildman–Crippen MR) is 60.9 cm³/mol. The second-order valence-electron chi connectivity index (χ2n) is 3.78. The summed E-state index contributed by atoms with van der Waals surface area (Å²) in [4.78, 5) is 25.1. The Hall–Kier alpha value is -1.69. The highest BCUT2D eigenvalue weighted by atomic mass is 16.5. The van der Waals surface area contributed by atoms with E-state index in [1.165, 1.54) is 16.8 Å². The van der Waals surface area contributed by atoms with Crippen molar-refractivity contribution in [2.75, 3.05) is 26.3 Å². The van der Waals surface area contributed by atoms with Crippen molar-refractivity contribution in [3.05, 3.63) is 28.2 Å². The SMILES string of the molecule is CCn1nc(C(=O)N2CCOCC2)ccc1=O. The maximum Gasteiger partial charge on any atom is 0.274 e. The molecule has 1 saturated heterocycles. The van der Waals surface area contributed by atoms with Crippen molar-refractivity contribution in [1.82, 2.24) is 14.7 Å². The van der Waals surface area contributed by atoms with Gasteiger partial charge in [0.2, 0.25) is 0 Å². The van der Waals surface area contributed by atoms with Crippen LogP contribution in [0.15, 0.2) is 16.9 Å². The van der Waals surface area contributed by atoms with Gasteiger partial charge in [0.15, 0.2) is 0 Å². The van der Waals surface area contributed by atoms with Crippen molar-refractivity contribution in [1.29, 1.82) is 0 Å². The zero-order chi connectivity index (χ0) is 12.3. The Morgan fingerprint density at radius 3 is 2.76 bits per heavy atom.